The van der Waals surface area contributed by atoms with Crippen molar-refractivity contribution in [2.45, 2.75) is 20.8 Å². The normalized spacial score (nSPS) is 9.79. The summed E-state index contributed by atoms with van der Waals surface area (Å²) in [4.78, 5) is 0. The molecule has 0 bridgehead atoms. The molecule has 2 nitrogen and oxygen atoms in total. The van der Waals surface area contributed by atoms with Gasteiger partial charge in [0.2, 0.25) is 0 Å². The number of rotatable bonds is 0. The molecule has 14 heavy (non-hydrogen) atoms. The highest BCUT2D eigenvalue weighted by Gasteiger charge is 2.04. The first kappa shape index (κ1) is 11.5. The third kappa shape index (κ3) is 2.10. The number of aryl methyl sites for hydroxylation is 1. The zero-order chi connectivity index (χ0) is 10.7. The Hall–Kier alpha value is -0.540. The van der Waals surface area contributed by atoms with Crippen LogP contribution in [0.25, 0.3) is 10.9 Å². The van der Waals surface area contributed by atoms with Crippen LogP contribution in [0, 0.1) is 6.92 Å². The highest BCUT2D eigenvalue weighted by atomic mass is 79.9. The lowest BCUT2D eigenvalue weighted by Crippen LogP contribution is -1.72. The molecule has 0 atom stereocenters. The Morgan fingerprint density at radius 3 is 2.64 bits per heavy atom. The fourth-order valence-electron chi connectivity index (χ4n) is 1.13. The molecule has 1 N–H and O–H groups in total. The molecule has 0 unspecified atom stereocenters. The van der Waals surface area contributed by atoms with Crippen LogP contribution in [-0.4, -0.2) is 10.2 Å². The minimum Gasteiger partial charge on any atom is -0.282 e. The van der Waals surface area contributed by atoms with Crippen molar-refractivity contribution in [3.05, 3.63) is 27.3 Å². The van der Waals surface area contributed by atoms with E-state index in [1.165, 1.54) is 0 Å². The summed E-state index contributed by atoms with van der Waals surface area (Å²) in [5.41, 5.74) is 1.96. The minimum atomic E-state index is 0.689. The molecule has 0 saturated carbocycles. The average Bonchev–Trinajstić information content (AvgIpc) is 2.53. The van der Waals surface area contributed by atoms with Crippen LogP contribution in [-0.2, 0) is 0 Å². The van der Waals surface area contributed by atoms with Crippen LogP contribution in [0.5, 0.6) is 0 Å². The molecule has 2 aromatic rings. The van der Waals surface area contributed by atoms with Gasteiger partial charge in [0, 0.05) is 15.6 Å². The first-order valence-electron chi connectivity index (χ1n) is 4.48. The van der Waals surface area contributed by atoms with Crippen LogP contribution in [0.1, 0.15) is 19.5 Å². The molecule has 1 aromatic carbocycles. The maximum absolute atomic E-state index is 5.90. The van der Waals surface area contributed by atoms with Crippen LogP contribution < -0.4 is 0 Å². The van der Waals surface area contributed by atoms with E-state index in [9.17, 15) is 0 Å². The van der Waals surface area contributed by atoms with E-state index in [2.05, 4.69) is 26.1 Å². The van der Waals surface area contributed by atoms with Gasteiger partial charge in [0.25, 0.3) is 0 Å². The number of nitrogens with zero attached hydrogens (tertiary/aromatic N) is 1. The van der Waals surface area contributed by atoms with E-state index < -0.39 is 0 Å². The molecule has 1 aromatic heterocycles. The van der Waals surface area contributed by atoms with Crippen LogP contribution in [0.2, 0.25) is 5.02 Å². The molecule has 0 fully saturated rings. The van der Waals surface area contributed by atoms with E-state index in [-0.39, 0.29) is 0 Å². The van der Waals surface area contributed by atoms with Gasteiger partial charge in [-0.05, 0) is 35.0 Å². The van der Waals surface area contributed by atoms with Gasteiger partial charge in [-0.2, -0.15) is 5.10 Å². The quantitative estimate of drug-likeness (QED) is 0.762. The third-order valence-corrected chi connectivity index (χ3v) is 2.98. The van der Waals surface area contributed by atoms with Crippen LogP contribution in [0.15, 0.2) is 16.6 Å². The summed E-state index contributed by atoms with van der Waals surface area (Å²) in [6, 6.07) is 3.81. The van der Waals surface area contributed by atoms with E-state index in [0.717, 1.165) is 21.1 Å². The summed E-state index contributed by atoms with van der Waals surface area (Å²) in [6.07, 6.45) is 0. The number of fused-ring (bicyclic) bond motifs is 1. The molecular weight excluding hydrogens is 263 g/mol. The molecule has 0 amide bonds. The maximum atomic E-state index is 5.90. The number of halogens is 2. The van der Waals surface area contributed by atoms with Gasteiger partial charge >= 0.3 is 0 Å². The predicted octanol–water partition coefficient (Wildman–Crippen LogP) is 4.31. The molecule has 76 valence electrons. The smallest absolute Gasteiger partial charge is 0.0939 e. The third-order valence-electron chi connectivity index (χ3n) is 1.79. The summed E-state index contributed by atoms with van der Waals surface area (Å²) in [5.74, 6) is 0. The average molecular weight is 276 g/mol. The van der Waals surface area contributed by atoms with Crippen molar-refractivity contribution in [3.63, 3.8) is 0 Å². The van der Waals surface area contributed by atoms with E-state index in [4.69, 9.17) is 11.6 Å². The second kappa shape index (κ2) is 4.80. The number of benzene rings is 1. The standard InChI is InChI=1S/C8H6BrClN2.C2H6/c1-4-5-2-6(9)7(10)3-8(5)12-11-4;1-2/h2-3H,1H3,(H,11,12);1-2H3. The minimum absolute atomic E-state index is 0.689. The van der Waals surface area contributed by atoms with Crippen LogP contribution >= 0.6 is 27.5 Å². The Morgan fingerprint density at radius 2 is 2.00 bits per heavy atom. The number of hydrogen-bond donors (Lipinski definition) is 1. The monoisotopic (exact) mass is 274 g/mol. The molecule has 1 heterocycles. The lowest BCUT2D eigenvalue weighted by molar-refractivity contribution is 1.07. The van der Waals surface area contributed by atoms with Gasteiger partial charge in [-0.3, -0.25) is 5.10 Å². The molecule has 0 spiro atoms. The van der Waals surface area contributed by atoms with E-state index >= 15 is 0 Å². The van der Waals surface area contributed by atoms with Crippen molar-refractivity contribution in [2.24, 2.45) is 0 Å². The van der Waals surface area contributed by atoms with Gasteiger partial charge in [-0.15, -0.1) is 0 Å². The van der Waals surface area contributed by atoms with Crippen molar-refractivity contribution in [3.8, 4) is 0 Å². The van der Waals surface area contributed by atoms with E-state index in [0.29, 0.717) is 5.02 Å². The molecule has 4 heteroatoms. The fourth-order valence-corrected chi connectivity index (χ4v) is 1.63. The second-order valence-electron chi connectivity index (χ2n) is 2.63. The zero-order valence-electron chi connectivity index (χ0n) is 8.36. The Bertz CT molecular complexity index is 437. The largest absolute Gasteiger partial charge is 0.282 e. The molecule has 0 aliphatic heterocycles. The second-order valence-corrected chi connectivity index (χ2v) is 3.89. The molecule has 0 saturated heterocycles. The first-order valence-corrected chi connectivity index (χ1v) is 5.65. The Morgan fingerprint density at radius 1 is 1.36 bits per heavy atom. The molecule has 2 rings (SSSR count). The summed E-state index contributed by atoms with van der Waals surface area (Å²) in [5, 5.41) is 8.78. The highest BCUT2D eigenvalue weighted by molar-refractivity contribution is 9.10. The first-order chi connectivity index (χ1) is 6.68. The summed E-state index contributed by atoms with van der Waals surface area (Å²) in [7, 11) is 0. The number of H-pyrrole nitrogens is 1. The summed E-state index contributed by atoms with van der Waals surface area (Å²) < 4.78 is 0.904. The number of aromatic amines is 1. The van der Waals surface area contributed by atoms with Crippen LogP contribution in [0.3, 0.4) is 0 Å². The maximum Gasteiger partial charge on any atom is 0.0939 e. The molecular formula is C10H12BrClN2. The number of nitrogens with one attached hydrogen (secondary N) is 1. The lowest BCUT2D eigenvalue weighted by Gasteiger charge is -1.94. The van der Waals surface area contributed by atoms with Crippen molar-refractivity contribution in [1.29, 1.82) is 0 Å². The SMILES string of the molecule is CC.Cc1[nH]nc2cc(Cl)c(Br)cc12. The van der Waals surface area contributed by atoms with Gasteiger partial charge in [-0.25, -0.2) is 0 Å². The Labute approximate surface area is 96.8 Å². The summed E-state index contributed by atoms with van der Waals surface area (Å²) >= 11 is 9.26. The van der Waals surface area contributed by atoms with E-state index in [1.807, 2.05) is 32.9 Å². The van der Waals surface area contributed by atoms with Gasteiger partial charge < -0.3 is 0 Å². The van der Waals surface area contributed by atoms with Crippen LogP contribution in [0.4, 0.5) is 0 Å². The Balaban J connectivity index is 0.000000461. The van der Waals surface area contributed by atoms with Crippen molar-refractivity contribution < 1.29 is 0 Å². The zero-order valence-corrected chi connectivity index (χ0v) is 10.7. The summed E-state index contributed by atoms with van der Waals surface area (Å²) in [6.45, 7) is 5.98. The van der Waals surface area contributed by atoms with Gasteiger partial charge in [-0.1, -0.05) is 25.4 Å². The van der Waals surface area contributed by atoms with Crippen molar-refractivity contribution in [1.82, 2.24) is 10.2 Å². The number of hydrogen-bond acceptors (Lipinski definition) is 1. The van der Waals surface area contributed by atoms with Crippen molar-refractivity contribution >= 4 is 38.4 Å². The van der Waals surface area contributed by atoms with Crippen molar-refractivity contribution in [2.75, 3.05) is 0 Å². The fraction of sp³-hybridized carbons (Fsp3) is 0.300. The molecule has 0 radical (unpaired) electrons. The highest BCUT2D eigenvalue weighted by Crippen LogP contribution is 2.28. The molecule has 0 aliphatic rings. The predicted molar refractivity (Wildman–Crippen MR) is 64.9 cm³/mol. The number of aromatic nitrogens is 2. The topological polar surface area (TPSA) is 28.7 Å². The van der Waals surface area contributed by atoms with Gasteiger partial charge in [0.05, 0.1) is 10.5 Å². The lowest BCUT2D eigenvalue weighted by atomic mass is 10.2. The Kier molecular flexibility index (Phi) is 3.96. The van der Waals surface area contributed by atoms with E-state index in [1.54, 1.807) is 0 Å². The van der Waals surface area contributed by atoms with Gasteiger partial charge in [0.15, 0.2) is 0 Å². The van der Waals surface area contributed by atoms with Gasteiger partial charge in [0.1, 0.15) is 0 Å². The molecule has 0 aliphatic carbocycles.